The summed E-state index contributed by atoms with van der Waals surface area (Å²) in [7, 11) is 0. The zero-order valence-corrected chi connectivity index (χ0v) is 14.2. The van der Waals surface area contributed by atoms with Crippen molar-refractivity contribution in [3.8, 4) is 5.75 Å². The average molecular weight is 427 g/mol. The molecule has 2 nitrogen and oxygen atoms in total. The molecule has 0 bridgehead atoms. The van der Waals surface area contributed by atoms with Crippen molar-refractivity contribution in [3.63, 3.8) is 0 Å². The Balaban J connectivity index is 3.45. The third-order valence-electron chi connectivity index (χ3n) is 2.14. The van der Waals surface area contributed by atoms with Crippen LogP contribution in [0.1, 0.15) is 19.4 Å². The van der Waals surface area contributed by atoms with Crippen molar-refractivity contribution in [1.29, 1.82) is 0 Å². The molecule has 0 aliphatic rings. The highest BCUT2D eigenvalue weighted by Gasteiger charge is 2.19. The van der Waals surface area contributed by atoms with Gasteiger partial charge in [0.05, 0.1) is 15.6 Å². The Bertz CT molecular complexity index is 481. The number of allylic oxidation sites excluding steroid dienone is 1. The normalized spacial score (nSPS) is 10.2. The molecule has 0 unspecified atom stereocenters. The third kappa shape index (κ3) is 3.20. The topological polar surface area (TPSA) is 26.3 Å². The molecule has 1 aromatic rings. The third-order valence-corrected chi connectivity index (χ3v) is 4.11. The van der Waals surface area contributed by atoms with E-state index >= 15 is 0 Å². The first-order valence-electron chi connectivity index (χ1n) is 4.90. The van der Waals surface area contributed by atoms with Gasteiger partial charge in [-0.1, -0.05) is 22.5 Å². The van der Waals surface area contributed by atoms with E-state index in [1.807, 2.05) is 13.0 Å². The Kier molecular flexibility index (Phi) is 5.41. The number of halogens is 3. The molecule has 0 aliphatic carbocycles. The van der Waals surface area contributed by atoms with Gasteiger partial charge in [-0.3, -0.25) is 4.79 Å². The van der Waals surface area contributed by atoms with Crippen LogP contribution in [0.5, 0.6) is 5.75 Å². The van der Waals surface area contributed by atoms with Crippen molar-refractivity contribution < 1.29 is 9.53 Å². The predicted molar refractivity (Wildman–Crippen MR) is 80.4 cm³/mol. The maximum Gasteiger partial charge on any atom is 0.159 e. The highest BCUT2D eigenvalue weighted by atomic mass is 79.9. The van der Waals surface area contributed by atoms with Crippen LogP contribution in [0.4, 0.5) is 0 Å². The second-order valence-electron chi connectivity index (χ2n) is 3.33. The second kappa shape index (κ2) is 6.16. The highest BCUT2D eigenvalue weighted by Crippen LogP contribution is 2.43. The summed E-state index contributed by atoms with van der Waals surface area (Å²) >= 11 is 10.3. The molecule has 0 saturated carbocycles. The Hall–Kier alpha value is -0.130. The fraction of sp³-hybridized carbons (Fsp3) is 0.250. The van der Waals surface area contributed by atoms with Gasteiger partial charge < -0.3 is 4.74 Å². The Morgan fingerprint density at radius 3 is 2.41 bits per heavy atom. The molecular weight excluding hydrogens is 416 g/mol. The number of ether oxygens (including phenoxy) is 1. The van der Waals surface area contributed by atoms with E-state index in [1.165, 1.54) is 6.92 Å². The van der Waals surface area contributed by atoms with Crippen LogP contribution < -0.4 is 4.74 Å². The highest BCUT2D eigenvalue weighted by molar-refractivity contribution is 9.11. The summed E-state index contributed by atoms with van der Waals surface area (Å²) in [5, 5.41) is 0. The quantitative estimate of drug-likeness (QED) is 0.635. The van der Waals surface area contributed by atoms with Gasteiger partial charge in [0.25, 0.3) is 0 Å². The Morgan fingerprint density at radius 2 is 1.94 bits per heavy atom. The van der Waals surface area contributed by atoms with Crippen molar-refractivity contribution in [2.24, 2.45) is 0 Å². The van der Waals surface area contributed by atoms with Crippen LogP contribution in [0.25, 0.3) is 5.57 Å². The van der Waals surface area contributed by atoms with Gasteiger partial charge in [-0.15, -0.1) is 0 Å². The van der Waals surface area contributed by atoms with E-state index < -0.39 is 0 Å². The standard InChI is InChI=1S/C12H11Br3O2/c1-4-17-12-9(14)5-8(13)10(11(12)15)6(2)7(3)16/h5H,2,4H2,1,3H3. The van der Waals surface area contributed by atoms with Gasteiger partial charge in [-0.05, 0) is 51.8 Å². The van der Waals surface area contributed by atoms with E-state index in [0.29, 0.717) is 17.9 Å². The van der Waals surface area contributed by atoms with Crippen LogP contribution >= 0.6 is 47.8 Å². The van der Waals surface area contributed by atoms with Gasteiger partial charge in [-0.25, -0.2) is 0 Å². The molecule has 0 radical (unpaired) electrons. The zero-order chi connectivity index (χ0) is 13.2. The van der Waals surface area contributed by atoms with E-state index in [0.717, 1.165) is 19.0 Å². The summed E-state index contributed by atoms with van der Waals surface area (Å²) in [6.45, 7) is 7.74. The van der Waals surface area contributed by atoms with Gasteiger partial charge in [0.2, 0.25) is 0 Å². The van der Waals surface area contributed by atoms with Crippen molar-refractivity contribution in [2.75, 3.05) is 6.61 Å². The molecule has 92 valence electrons. The maximum atomic E-state index is 11.4. The predicted octanol–water partition coefficient (Wildman–Crippen LogP) is 4.98. The van der Waals surface area contributed by atoms with Crippen LogP contribution in [-0.4, -0.2) is 12.4 Å². The first-order valence-corrected chi connectivity index (χ1v) is 7.28. The van der Waals surface area contributed by atoms with E-state index in [-0.39, 0.29) is 5.78 Å². The molecule has 0 aromatic heterocycles. The minimum absolute atomic E-state index is 0.0730. The lowest BCUT2D eigenvalue weighted by molar-refractivity contribution is -0.111. The number of ketones is 1. The zero-order valence-electron chi connectivity index (χ0n) is 9.44. The summed E-state index contributed by atoms with van der Waals surface area (Å²) in [4.78, 5) is 11.4. The van der Waals surface area contributed by atoms with Crippen LogP contribution in [0.15, 0.2) is 26.1 Å². The van der Waals surface area contributed by atoms with Crippen LogP contribution in [0, 0.1) is 0 Å². The summed E-state index contributed by atoms with van der Waals surface area (Å²) in [5.41, 5.74) is 1.17. The van der Waals surface area contributed by atoms with Crippen molar-refractivity contribution in [3.05, 3.63) is 31.6 Å². The lowest BCUT2D eigenvalue weighted by Gasteiger charge is -2.15. The van der Waals surface area contributed by atoms with Gasteiger partial charge in [-0.2, -0.15) is 0 Å². The molecule has 0 fully saturated rings. The molecular formula is C12H11Br3O2. The minimum Gasteiger partial charge on any atom is -0.491 e. The van der Waals surface area contributed by atoms with Crippen LogP contribution in [0.3, 0.4) is 0 Å². The number of carbonyl (C=O) groups is 1. The van der Waals surface area contributed by atoms with Gasteiger partial charge in [0.15, 0.2) is 5.78 Å². The summed E-state index contributed by atoms with van der Waals surface area (Å²) in [6, 6.07) is 1.85. The summed E-state index contributed by atoms with van der Waals surface area (Å²) < 4.78 is 7.86. The molecule has 1 rings (SSSR count). The summed E-state index contributed by atoms with van der Waals surface area (Å²) in [5.74, 6) is 0.601. The monoisotopic (exact) mass is 424 g/mol. The first-order chi connectivity index (χ1) is 7.90. The molecule has 0 N–H and O–H groups in total. The largest absolute Gasteiger partial charge is 0.491 e. The second-order valence-corrected chi connectivity index (χ2v) is 5.83. The van der Waals surface area contributed by atoms with E-state index in [1.54, 1.807) is 0 Å². The number of benzene rings is 1. The molecule has 17 heavy (non-hydrogen) atoms. The molecule has 5 heteroatoms. The Morgan fingerprint density at radius 1 is 1.35 bits per heavy atom. The van der Waals surface area contributed by atoms with Crippen molar-refractivity contribution in [2.45, 2.75) is 13.8 Å². The molecule has 0 amide bonds. The number of hydrogen-bond acceptors (Lipinski definition) is 2. The van der Waals surface area contributed by atoms with E-state index in [9.17, 15) is 4.79 Å². The number of carbonyl (C=O) groups excluding carboxylic acids is 1. The fourth-order valence-electron chi connectivity index (χ4n) is 1.30. The van der Waals surface area contributed by atoms with Gasteiger partial charge in [0, 0.05) is 15.6 Å². The van der Waals surface area contributed by atoms with E-state index in [4.69, 9.17) is 4.74 Å². The maximum absolute atomic E-state index is 11.4. The SMILES string of the molecule is C=C(C(C)=O)c1c(Br)cc(Br)c(OCC)c1Br. The lowest BCUT2D eigenvalue weighted by atomic mass is 10.0. The van der Waals surface area contributed by atoms with Crippen LogP contribution in [0.2, 0.25) is 0 Å². The smallest absolute Gasteiger partial charge is 0.159 e. The minimum atomic E-state index is -0.0730. The molecule has 0 heterocycles. The van der Waals surface area contributed by atoms with Gasteiger partial charge >= 0.3 is 0 Å². The van der Waals surface area contributed by atoms with Crippen LogP contribution in [-0.2, 0) is 4.79 Å². The number of rotatable bonds is 4. The molecule has 0 aliphatic heterocycles. The molecule has 0 atom stereocenters. The number of Topliss-reactive ketones (excluding diaryl/α,β-unsaturated/α-hetero) is 1. The van der Waals surface area contributed by atoms with E-state index in [2.05, 4.69) is 54.4 Å². The molecule has 0 saturated heterocycles. The van der Waals surface area contributed by atoms with Gasteiger partial charge in [0.1, 0.15) is 5.75 Å². The Labute approximate surface area is 126 Å². The molecule has 1 aromatic carbocycles. The fourth-order valence-corrected chi connectivity index (χ4v) is 4.13. The van der Waals surface area contributed by atoms with Crippen molar-refractivity contribution in [1.82, 2.24) is 0 Å². The van der Waals surface area contributed by atoms with Crippen molar-refractivity contribution >= 4 is 59.1 Å². The molecule has 0 spiro atoms. The average Bonchev–Trinajstić information content (AvgIpc) is 2.23. The summed E-state index contributed by atoms with van der Waals surface area (Å²) in [6.07, 6.45) is 0. The lowest BCUT2D eigenvalue weighted by Crippen LogP contribution is -2.01. The first kappa shape index (κ1) is 14.9. The number of hydrogen-bond donors (Lipinski definition) is 0.